The van der Waals surface area contributed by atoms with E-state index in [9.17, 15) is 8.78 Å². The Morgan fingerprint density at radius 1 is 1.23 bits per heavy atom. The Kier molecular flexibility index (Phi) is 1.88. The average Bonchev–Trinajstić information content (AvgIpc) is 2.48. The Labute approximate surface area is 74.3 Å². The quantitative estimate of drug-likeness (QED) is 0.703. The lowest BCUT2D eigenvalue weighted by Gasteiger charge is -1.99. The normalized spacial score (nSPS) is 14.2. The highest BCUT2D eigenvalue weighted by atomic mass is 19.2. The van der Waals surface area contributed by atoms with Crippen LogP contribution in [0, 0.1) is 11.6 Å². The summed E-state index contributed by atoms with van der Waals surface area (Å²) in [6.07, 6.45) is 2.21. The number of aliphatic hydroxyl groups is 1. The van der Waals surface area contributed by atoms with E-state index in [1.165, 1.54) is 6.07 Å². The van der Waals surface area contributed by atoms with Gasteiger partial charge in [0.1, 0.15) is 0 Å². The summed E-state index contributed by atoms with van der Waals surface area (Å²) in [5, 5.41) is 8.82. The van der Waals surface area contributed by atoms with Gasteiger partial charge in [-0.05, 0) is 35.3 Å². The van der Waals surface area contributed by atoms with E-state index < -0.39 is 11.6 Å². The van der Waals surface area contributed by atoms with Crippen LogP contribution in [-0.4, -0.2) is 11.7 Å². The molecule has 0 radical (unpaired) electrons. The van der Waals surface area contributed by atoms with E-state index in [1.54, 1.807) is 6.08 Å². The molecule has 68 valence electrons. The molecule has 1 aromatic carbocycles. The number of rotatable bonds is 1. The summed E-state index contributed by atoms with van der Waals surface area (Å²) in [4.78, 5) is 0. The third-order valence-corrected chi connectivity index (χ3v) is 2.16. The summed E-state index contributed by atoms with van der Waals surface area (Å²) in [5.41, 5.74) is 2.20. The smallest absolute Gasteiger partial charge is 0.159 e. The van der Waals surface area contributed by atoms with E-state index in [0.717, 1.165) is 17.2 Å². The van der Waals surface area contributed by atoms with Crippen LogP contribution in [-0.2, 0) is 6.42 Å². The molecule has 0 aliphatic heterocycles. The average molecular weight is 182 g/mol. The molecular weight excluding hydrogens is 174 g/mol. The minimum Gasteiger partial charge on any atom is -0.392 e. The van der Waals surface area contributed by atoms with Gasteiger partial charge in [-0.25, -0.2) is 8.78 Å². The molecule has 0 saturated heterocycles. The highest BCUT2D eigenvalue weighted by Gasteiger charge is 2.15. The Morgan fingerprint density at radius 3 is 2.62 bits per heavy atom. The van der Waals surface area contributed by atoms with Gasteiger partial charge >= 0.3 is 0 Å². The summed E-state index contributed by atoms with van der Waals surface area (Å²) >= 11 is 0. The first-order chi connectivity index (χ1) is 6.20. The van der Waals surface area contributed by atoms with Crippen molar-refractivity contribution in [3.8, 4) is 0 Å². The SMILES string of the molecule is OCC1=Cc2cc(F)c(F)cc2C1. The molecule has 1 aliphatic rings. The fourth-order valence-corrected chi connectivity index (χ4v) is 1.51. The van der Waals surface area contributed by atoms with E-state index >= 15 is 0 Å². The third-order valence-electron chi connectivity index (χ3n) is 2.16. The zero-order chi connectivity index (χ0) is 9.42. The number of fused-ring (bicyclic) bond motifs is 1. The van der Waals surface area contributed by atoms with Gasteiger partial charge < -0.3 is 5.11 Å². The van der Waals surface area contributed by atoms with Gasteiger partial charge in [0.05, 0.1) is 6.61 Å². The number of benzene rings is 1. The van der Waals surface area contributed by atoms with Crippen LogP contribution < -0.4 is 0 Å². The Balaban J connectivity index is 2.46. The minimum atomic E-state index is -0.839. The maximum absolute atomic E-state index is 12.7. The van der Waals surface area contributed by atoms with Crippen molar-refractivity contribution in [3.63, 3.8) is 0 Å². The van der Waals surface area contributed by atoms with E-state index in [1.807, 2.05) is 0 Å². The van der Waals surface area contributed by atoms with Crippen molar-refractivity contribution in [3.05, 3.63) is 40.5 Å². The summed E-state index contributed by atoms with van der Waals surface area (Å²) in [6, 6.07) is 2.34. The maximum atomic E-state index is 12.7. The fraction of sp³-hybridized carbons (Fsp3) is 0.200. The van der Waals surface area contributed by atoms with Gasteiger partial charge in [-0.2, -0.15) is 0 Å². The summed E-state index contributed by atoms with van der Waals surface area (Å²) in [7, 11) is 0. The lowest BCUT2D eigenvalue weighted by atomic mass is 10.1. The highest BCUT2D eigenvalue weighted by molar-refractivity contribution is 5.63. The zero-order valence-corrected chi connectivity index (χ0v) is 6.85. The first-order valence-corrected chi connectivity index (χ1v) is 3.99. The van der Waals surface area contributed by atoms with Crippen molar-refractivity contribution in [1.29, 1.82) is 0 Å². The fourth-order valence-electron chi connectivity index (χ4n) is 1.51. The molecule has 0 amide bonds. The molecule has 1 aliphatic carbocycles. The molecule has 0 saturated carbocycles. The summed E-state index contributed by atoms with van der Waals surface area (Å²) < 4.78 is 25.5. The molecule has 1 N–H and O–H groups in total. The van der Waals surface area contributed by atoms with Crippen LogP contribution in [0.4, 0.5) is 8.78 Å². The van der Waals surface area contributed by atoms with E-state index in [4.69, 9.17) is 5.11 Å². The topological polar surface area (TPSA) is 20.2 Å². The van der Waals surface area contributed by atoms with E-state index in [2.05, 4.69) is 0 Å². The van der Waals surface area contributed by atoms with Gasteiger partial charge in [0.25, 0.3) is 0 Å². The number of hydrogen-bond acceptors (Lipinski definition) is 1. The predicted octanol–water partition coefficient (Wildman–Crippen LogP) is 1.90. The van der Waals surface area contributed by atoms with Crippen LogP contribution in [0.2, 0.25) is 0 Å². The second-order valence-corrected chi connectivity index (χ2v) is 3.10. The molecule has 0 heterocycles. The van der Waals surface area contributed by atoms with Crippen LogP contribution in [0.3, 0.4) is 0 Å². The summed E-state index contributed by atoms with van der Waals surface area (Å²) in [5.74, 6) is -1.67. The molecule has 1 nitrogen and oxygen atoms in total. The van der Waals surface area contributed by atoms with Gasteiger partial charge in [-0.15, -0.1) is 0 Å². The number of aliphatic hydroxyl groups excluding tert-OH is 1. The first kappa shape index (κ1) is 8.38. The van der Waals surface area contributed by atoms with Crippen LogP contribution >= 0.6 is 0 Å². The molecule has 0 fully saturated rings. The molecule has 0 unspecified atom stereocenters. The molecule has 0 atom stereocenters. The lowest BCUT2D eigenvalue weighted by Crippen LogP contribution is -1.92. The Hall–Kier alpha value is -1.22. The van der Waals surface area contributed by atoms with E-state index in [-0.39, 0.29) is 6.61 Å². The molecule has 0 spiro atoms. The van der Waals surface area contributed by atoms with Crippen LogP contribution in [0.25, 0.3) is 6.08 Å². The third kappa shape index (κ3) is 1.35. The van der Waals surface area contributed by atoms with Crippen LogP contribution in [0.1, 0.15) is 11.1 Å². The molecule has 0 aromatic heterocycles. The van der Waals surface area contributed by atoms with Crippen molar-refractivity contribution >= 4 is 6.08 Å². The number of halogens is 2. The largest absolute Gasteiger partial charge is 0.392 e. The van der Waals surface area contributed by atoms with E-state index in [0.29, 0.717) is 12.0 Å². The van der Waals surface area contributed by atoms with Crippen molar-refractivity contribution in [2.24, 2.45) is 0 Å². The van der Waals surface area contributed by atoms with Crippen molar-refractivity contribution in [2.75, 3.05) is 6.61 Å². The predicted molar refractivity (Wildman–Crippen MR) is 45.1 cm³/mol. The Morgan fingerprint density at radius 2 is 1.92 bits per heavy atom. The second kappa shape index (κ2) is 2.92. The molecule has 0 bridgehead atoms. The standard InChI is InChI=1S/C10H8F2O/c11-9-3-7-1-6(5-13)2-8(7)4-10(9)12/h1,3-4,13H,2,5H2. The lowest BCUT2D eigenvalue weighted by molar-refractivity contribution is 0.330. The van der Waals surface area contributed by atoms with Gasteiger partial charge in [0.15, 0.2) is 11.6 Å². The second-order valence-electron chi connectivity index (χ2n) is 3.10. The molecule has 1 aromatic rings. The monoisotopic (exact) mass is 182 g/mol. The zero-order valence-electron chi connectivity index (χ0n) is 6.85. The van der Waals surface area contributed by atoms with Crippen LogP contribution in [0.15, 0.2) is 17.7 Å². The van der Waals surface area contributed by atoms with Gasteiger partial charge in [-0.1, -0.05) is 6.08 Å². The molecular formula is C10H8F2O. The van der Waals surface area contributed by atoms with Gasteiger partial charge in [0, 0.05) is 0 Å². The minimum absolute atomic E-state index is 0.0576. The molecule has 3 heteroatoms. The van der Waals surface area contributed by atoms with Crippen LogP contribution in [0.5, 0.6) is 0 Å². The van der Waals surface area contributed by atoms with Gasteiger partial charge in [0.2, 0.25) is 0 Å². The van der Waals surface area contributed by atoms with Crippen molar-refractivity contribution < 1.29 is 13.9 Å². The molecule has 2 rings (SSSR count). The summed E-state index contributed by atoms with van der Waals surface area (Å²) in [6.45, 7) is -0.0576. The van der Waals surface area contributed by atoms with Crippen molar-refractivity contribution in [1.82, 2.24) is 0 Å². The number of hydrogen-bond donors (Lipinski definition) is 1. The highest BCUT2D eigenvalue weighted by Crippen LogP contribution is 2.26. The maximum Gasteiger partial charge on any atom is 0.159 e. The first-order valence-electron chi connectivity index (χ1n) is 3.99. The Bertz CT molecular complexity index is 383. The van der Waals surface area contributed by atoms with Crippen molar-refractivity contribution in [2.45, 2.75) is 6.42 Å². The molecule has 13 heavy (non-hydrogen) atoms. The van der Waals surface area contributed by atoms with Gasteiger partial charge in [-0.3, -0.25) is 0 Å².